The van der Waals surface area contributed by atoms with Crippen LogP contribution in [-0.2, 0) is 11.8 Å². The summed E-state index contributed by atoms with van der Waals surface area (Å²) in [5.74, 6) is 0.387. The lowest BCUT2D eigenvalue weighted by atomic mass is 10.1. The number of carbonyl (C=O) groups excluding carboxylic acids is 1. The van der Waals surface area contributed by atoms with Crippen LogP contribution in [0.25, 0.3) is 10.9 Å². The molecule has 0 aliphatic carbocycles. The predicted molar refractivity (Wildman–Crippen MR) is 83.7 cm³/mol. The molecule has 1 aliphatic heterocycles. The van der Waals surface area contributed by atoms with E-state index >= 15 is 0 Å². The van der Waals surface area contributed by atoms with Gasteiger partial charge < -0.3 is 14.6 Å². The molecule has 0 saturated heterocycles. The molecule has 0 saturated carbocycles. The molecule has 0 bridgehead atoms. The Morgan fingerprint density at radius 2 is 2.00 bits per heavy atom. The van der Waals surface area contributed by atoms with Crippen molar-refractivity contribution in [2.75, 3.05) is 5.32 Å². The number of anilines is 1. The van der Waals surface area contributed by atoms with E-state index in [2.05, 4.69) is 10.3 Å². The van der Waals surface area contributed by atoms with Crippen LogP contribution in [0.2, 0.25) is 0 Å². The fourth-order valence-corrected chi connectivity index (χ4v) is 3.02. The summed E-state index contributed by atoms with van der Waals surface area (Å²) in [5, 5.41) is 4.23. The number of cyclic esters (lactones) is 1. The molecule has 1 atom stereocenters. The minimum Gasteiger partial charge on any atom is -0.433 e. The van der Waals surface area contributed by atoms with Crippen LogP contribution in [0.3, 0.4) is 0 Å². The predicted octanol–water partition coefficient (Wildman–Crippen LogP) is 3.16. The molecule has 0 spiro atoms. The average molecular weight is 293 g/mol. The molecule has 2 aromatic heterocycles. The number of aryl methyl sites for hydroxylation is 2. The van der Waals surface area contributed by atoms with Crippen molar-refractivity contribution in [3.05, 3.63) is 59.4 Å². The molecule has 3 aromatic rings. The Bertz CT molecular complexity index is 898. The van der Waals surface area contributed by atoms with Crippen LogP contribution in [0, 0.1) is 6.92 Å². The molecule has 0 amide bonds. The van der Waals surface area contributed by atoms with Gasteiger partial charge in [-0.15, -0.1) is 0 Å². The SMILES string of the molecule is Cc1cccc(N[C@@H]2OC(=O)c3c2c2ccccc2n3C)n1. The minimum absolute atomic E-state index is 0.307. The number of nitrogens with one attached hydrogen (secondary N) is 1. The highest BCUT2D eigenvalue weighted by molar-refractivity contribution is 6.02. The van der Waals surface area contributed by atoms with Gasteiger partial charge in [-0.2, -0.15) is 0 Å². The Morgan fingerprint density at radius 3 is 2.82 bits per heavy atom. The van der Waals surface area contributed by atoms with Gasteiger partial charge in [0, 0.05) is 23.6 Å². The van der Waals surface area contributed by atoms with E-state index in [0.717, 1.165) is 22.2 Å². The van der Waals surface area contributed by atoms with Crippen molar-refractivity contribution in [2.45, 2.75) is 13.2 Å². The Kier molecular flexibility index (Phi) is 2.69. The number of ether oxygens (including phenoxy) is 1. The highest BCUT2D eigenvalue weighted by Crippen LogP contribution is 2.38. The molecule has 0 radical (unpaired) electrons. The number of nitrogens with zero attached hydrogens (tertiary/aromatic N) is 2. The topological polar surface area (TPSA) is 56.1 Å². The Labute approximate surface area is 127 Å². The maximum Gasteiger partial charge on any atom is 0.357 e. The first-order valence-corrected chi connectivity index (χ1v) is 7.13. The van der Waals surface area contributed by atoms with E-state index in [1.807, 2.05) is 61.0 Å². The second-order valence-electron chi connectivity index (χ2n) is 5.43. The van der Waals surface area contributed by atoms with Gasteiger partial charge in [-0.1, -0.05) is 24.3 Å². The van der Waals surface area contributed by atoms with Crippen molar-refractivity contribution in [2.24, 2.45) is 7.05 Å². The van der Waals surface area contributed by atoms with E-state index in [9.17, 15) is 4.79 Å². The van der Waals surface area contributed by atoms with Crippen LogP contribution in [0.4, 0.5) is 5.82 Å². The maximum atomic E-state index is 12.2. The first kappa shape index (κ1) is 12.9. The summed E-state index contributed by atoms with van der Waals surface area (Å²) in [6.07, 6.45) is -0.511. The first-order chi connectivity index (χ1) is 10.6. The number of fused-ring (bicyclic) bond motifs is 3. The van der Waals surface area contributed by atoms with Crippen molar-refractivity contribution in [3.63, 3.8) is 0 Å². The second kappa shape index (κ2) is 4.59. The summed E-state index contributed by atoms with van der Waals surface area (Å²) in [4.78, 5) is 16.6. The van der Waals surface area contributed by atoms with Crippen LogP contribution in [-0.4, -0.2) is 15.5 Å². The van der Waals surface area contributed by atoms with E-state index in [0.29, 0.717) is 11.5 Å². The number of hydrogen-bond acceptors (Lipinski definition) is 4. The lowest BCUT2D eigenvalue weighted by Crippen LogP contribution is -2.12. The zero-order valence-electron chi connectivity index (χ0n) is 12.3. The van der Waals surface area contributed by atoms with Crippen molar-refractivity contribution in [1.82, 2.24) is 9.55 Å². The number of esters is 1. The van der Waals surface area contributed by atoms with E-state index in [4.69, 9.17) is 4.74 Å². The van der Waals surface area contributed by atoms with Gasteiger partial charge in [0.1, 0.15) is 11.5 Å². The molecule has 5 nitrogen and oxygen atoms in total. The molecule has 110 valence electrons. The van der Waals surface area contributed by atoms with Crippen LogP contribution in [0.5, 0.6) is 0 Å². The molecule has 3 heterocycles. The van der Waals surface area contributed by atoms with Gasteiger partial charge >= 0.3 is 5.97 Å². The lowest BCUT2D eigenvalue weighted by molar-refractivity contribution is 0.0430. The third-order valence-electron chi connectivity index (χ3n) is 3.99. The van der Waals surface area contributed by atoms with E-state index < -0.39 is 6.23 Å². The zero-order chi connectivity index (χ0) is 15.3. The Morgan fingerprint density at radius 1 is 1.18 bits per heavy atom. The highest BCUT2D eigenvalue weighted by Gasteiger charge is 2.36. The summed E-state index contributed by atoms with van der Waals surface area (Å²) in [7, 11) is 1.88. The lowest BCUT2D eigenvalue weighted by Gasteiger charge is -2.14. The largest absolute Gasteiger partial charge is 0.433 e. The normalized spacial score (nSPS) is 16.6. The molecular formula is C17H15N3O2. The summed E-state index contributed by atoms with van der Waals surface area (Å²) in [6, 6.07) is 13.7. The van der Waals surface area contributed by atoms with Crippen molar-refractivity contribution >= 4 is 22.7 Å². The van der Waals surface area contributed by atoms with Gasteiger partial charge in [-0.25, -0.2) is 9.78 Å². The van der Waals surface area contributed by atoms with E-state index in [-0.39, 0.29) is 5.97 Å². The smallest absolute Gasteiger partial charge is 0.357 e. The maximum absolute atomic E-state index is 12.2. The molecule has 1 aromatic carbocycles. The van der Waals surface area contributed by atoms with Crippen LogP contribution in [0.1, 0.15) is 28.0 Å². The van der Waals surface area contributed by atoms with E-state index in [1.165, 1.54) is 0 Å². The number of aromatic nitrogens is 2. The van der Waals surface area contributed by atoms with E-state index in [1.54, 1.807) is 0 Å². The van der Waals surface area contributed by atoms with Crippen LogP contribution < -0.4 is 5.32 Å². The van der Waals surface area contributed by atoms with Gasteiger partial charge in [-0.3, -0.25) is 0 Å². The molecular weight excluding hydrogens is 278 g/mol. The number of carbonyl (C=O) groups is 1. The summed E-state index contributed by atoms with van der Waals surface area (Å²) >= 11 is 0. The zero-order valence-corrected chi connectivity index (χ0v) is 12.3. The number of benzene rings is 1. The average Bonchev–Trinajstić information content (AvgIpc) is 2.98. The summed E-state index contributed by atoms with van der Waals surface area (Å²) in [5.41, 5.74) is 3.42. The van der Waals surface area contributed by atoms with Gasteiger partial charge in [0.2, 0.25) is 6.23 Å². The number of para-hydroxylation sites is 1. The van der Waals surface area contributed by atoms with Crippen LogP contribution >= 0.6 is 0 Å². The molecule has 1 N–H and O–H groups in total. The van der Waals surface area contributed by atoms with Gasteiger partial charge in [0.15, 0.2) is 0 Å². The highest BCUT2D eigenvalue weighted by atomic mass is 16.6. The molecule has 1 aliphatic rings. The fourth-order valence-electron chi connectivity index (χ4n) is 3.02. The Hall–Kier alpha value is -2.82. The van der Waals surface area contributed by atoms with Crippen molar-refractivity contribution < 1.29 is 9.53 Å². The van der Waals surface area contributed by atoms with Crippen LogP contribution in [0.15, 0.2) is 42.5 Å². The molecule has 0 fully saturated rings. The second-order valence-corrected chi connectivity index (χ2v) is 5.43. The van der Waals surface area contributed by atoms with Gasteiger partial charge in [0.25, 0.3) is 0 Å². The quantitative estimate of drug-likeness (QED) is 0.737. The molecule has 5 heteroatoms. The number of hydrogen-bond donors (Lipinski definition) is 1. The van der Waals surface area contributed by atoms with Crippen molar-refractivity contribution in [3.8, 4) is 0 Å². The monoisotopic (exact) mass is 293 g/mol. The Balaban J connectivity index is 1.83. The molecule has 4 rings (SSSR count). The molecule has 0 unspecified atom stereocenters. The summed E-state index contributed by atoms with van der Waals surface area (Å²) in [6.45, 7) is 1.93. The van der Waals surface area contributed by atoms with Crippen molar-refractivity contribution in [1.29, 1.82) is 0 Å². The third kappa shape index (κ3) is 1.79. The third-order valence-corrected chi connectivity index (χ3v) is 3.99. The van der Waals surface area contributed by atoms with Gasteiger partial charge in [-0.05, 0) is 25.1 Å². The summed E-state index contributed by atoms with van der Waals surface area (Å²) < 4.78 is 7.38. The minimum atomic E-state index is -0.511. The number of pyridine rings is 1. The standard InChI is InChI=1S/C17H15N3O2/c1-10-6-5-9-13(18-10)19-16-14-11-7-3-4-8-12(11)20(2)15(14)17(21)22-16/h3-9,16H,1-2H3,(H,18,19)/t16-/m1/s1. The molecule has 22 heavy (non-hydrogen) atoms. The van der Waals surface area contributed by atoms with Gasteiger partial charge in [0.05, 0.1) is 5.56 Å². The number of rotatable bonds is 2. The first-order valence-electron chi connectivity index (χ1n) is 7.13. The fraction of sp³-hybridized carbons (Fsp3) is 0.176.